The van der Waals surface area contributed by atoms with Crippen molar-refractivity contribution >= 4 is 50.5 Å². The van der Waals surface area contributed by atoms with Crippen LogP contribution in [-0.4, -0.2) is 30.5 Å². The van der Waals surface area contributed by atoms with Crippen molar-refractivity contribution in [2.24, 2.45) is 4.99 Å². The number of benzene rings is 3. The van der Waals surface area contributed by atoms with Crippen LogP contribution in [0.4, 0.5) is 5.69 Å². The minimum atomic E-state index is 0.0707. The van der Waals surface area contributed by atoms with Gasteiger partial charge in [-0.1, -0.05) is 11.6 Å². The predicted octanol–water partition coefficient (Wildman–Crippen LogP) is 6.38. The number of hydrogen-bond donors (Lipinski definition) is 1. The van der Waals surface area contributed by atoms with Gasteiger partial charge in [-0.2, -0.15) is 0 Å². The second-order valence-electron chi connectivity index (χ2n) is 6.32. The van der Waals surface area contributed by atoms with E-state index in [1.165, 1.54) is 0 Å². The molecule has 0 fully saturated rings. The molecule has 0 aliphatic carbocycles. The fourth-order valence-electron chi connectivity index (χ4n) is 2.92. The molecular weight excluding hydrogens is 472 g/mol. The van der Waals surface area contributed by atoms with E-state index in [1.807, 2.05) is 12.1 Å². The molecule has 1 aromatic heterocycles. The molecule has 0 bridgehead atoms. The highest BCUT2D eigenvalue weighted by Crippen LogP contribution is 2.34. The van der Waals surface area contributed by atoms with Crippen LogP contribution in [0.25, 0.3) is 22.6 Å². The van der Waals surface area contributed by atoms with Crippen LogP contribution in [0.15, 0.2) is 62.4 Å². The van der Waals surface area contributed by atoms with Gasteiger partial charge < -0.3 is 19.0 Å². The molecule has 0 aliphatic rings. The Bertz CT molecular complexity index is 1270. The first kappa shape index (κ1) is 20.3. The highest BCUT2D eigenvalue weighted by atomic mass is 79.9. The SMILES string of the molecule is COc1ccc(-c2nc3cc(N=Cc4cc(Cl)cc(Br)c4O)ccc3o2)cc1OC. The first-order valence-electron chi connectivity index (χ1n) is 8.83. The number of phenolic OH excluding ortho intramolecular Hbond substituents is 1. The molecule has 0 aliphatic heterocycles. The monoisotopic (exact) mass is 486 g/mol. The molecule has 152 valence electrons. The normalized spacial score (nSPS) is 11.3. The van der Waals surface area contributed by atoms with Gasteiger partial charge in [0.1, 0.15) is 11.3 Å². The number of methoxy groups -OCH3 is 2. The maximum absolute atomic E-state index is 10.1. The number of fused-ring (bicyclic) bond motifs is 1. The lowest BCUT2D eigenvalue weighted by molar-refractivity contribution is 0.355. The van der Waals surface area contributed by atoms with Gasteiger partial charge >= 0.3 is 0 Å². The summed E-state index contributed by atoms with van der Waals surface area (Å²) in [6, 6.07) is 14.1. The maximum atomic E-state index is 10.1. The van der Waals surface area contributed by atoms with Gasteiger partial charge in [0.15, 0.2) is 17.1 Å². The van der Waals surface area contributed by atoms with Crippen molar-refractivity contribution in [1.82, 2.24) is 4.98 Å². The van der Waals surface area contributed by atoms with E-state index in [0.717, 1.165) is 5.56 Å². The molecule has 4 aromatic rings. The van der Waals surface area contributed by atoms with Crippen LogP contribution in [0.3, 0.4) is 0 Å². The molecule has 0 radical (unpaired) electrons. The Hall–Kier alpha value is -3.03. The minimum absolute atomic E-state index is 0.0707. The quantitative estimate of drug-likeness (QED) is 0.330. The maximum Gasteiger partial charge on any atom is 0.227 e. The summed E-state index contributed by atoms with van der Waals surface area (Å²) < 4.78 is 17.0. The van der Waals surface area contributed by atoms with Gasteiger partial charge in [-0.15, -0.1) is 0 Å². The van der Waals surface area contributed by atoms with Crippen molar-refractivity contribution in [3.63, 3.8) is 0 Å². The molecule has 8 heteroatoms. The van der Waals surface area contributed by atoms with Crippen molar-refractivity contribution < 1.29 is 19.0 Å². The van der Waals surface area contributed by atoms with Gasteiger partial charge in [-0.3, -0.25) is 4.99 Å². The fourth-order valence-corrected chi connectivity index (χ4v) is 3.75. The van der Waals surface area contributed by atoms with Gasteiger partial charge in [-0.05, 0) is 64.5 Å². The zero-order valence-electron chi connectivity index (χ0n) is 16.0. The molecular formula is C22H16BrClN2O4. The molecule has 0 saturated heterocycles. The molecule has 0 unspecified atom stereocenters. The summed E-state index contributed by atoms with van der Waals surface area (Å²) >= 11 is 9.31. The molecule has 1 heterocycles. The summed E-state index contributed by atoms with van der Waals surface area (Å²) in [5.74, 6) is 1.75. The standard InChI is InChI=1S/C22H16BrClN2O4/c1-28-19-5-3-12(8-20(19)29-2)22-26-17-10-15(4-6-18(17)30-22)25-11-13-7-14(24)9-16(23)21(13)27/h3-11,27H,1-2H3. The molecule has 4 rings (SSSR count). The highest BCUT2D eigenvalue weighted by molar-refractivity contribution is 9.10. The van der Waals surface area contributed by atoms with E-state index in [0.29, 0.717) is 49.2 Å². The Morgan fingerprint density at radius 3 is 2.63 bits per heavy atom. The lowest BCUT2D eigenvalue weighted by atomic mass is 10.2. The van der Waals surface area contributed by atoms with E-state index in [-0.39, 0.29) is 5.75 Å². The molecule has 0 saturated carbocycles. The number of oxazole rings is 1. The van der Waals surface area contributed by atoms with E-state index < -0.39 is 0 Å². The summed E-state index contributed by atoms with van der Waals surface area (Å²) in [6.45, 7) is 0. The number of nitrogens with zero attached hydrogens (tertiary/aromatic N) is 2. The third kappa shape index (κ3) is 3.99. The lowest BCUT2D eigenvalue weighted by Crippen LogP contribution is -1.90. The molecule has 30 heavy (non-hydrogen) atoms. The van der Waals surface area contributed by atoms with Gasteiger partial charge in [-0.25, -0.2) is 4.98 Å². The Labute approximate surface area is 185 Å². The first-order chi connectivity index (χ1) is 14.5. The lowest BCUT2D eigenvalue weighted by Gasteiger charge is -2.07. The van der Waals surface area contributed by atoms with E-state index in [2.05, 4.69) is 25.9 Å². The third-order valence-electron chi connectivity index (χ3n) is 4.41. The molecule has 0 atom stereocenters. The molecule has 1 N–H and O–H groups in total. The first-order valence-corrected chi connectivity index (χ1v) is 10.0. The Balaban J connectivity index is 1.66. The highest BCUT2D eigenvalue weighted by Gasteiger charge is 2.12. The number of halogens is 2. The minimum Gasteiger partial charge on any atom is -0.506 e. The topological polar surface area (TPSA) is 77.1 Å². The number of hydrogen-bond acceptors (Lipinski definition) is 6. The average Bonchev–Trinajstić information content (AvgIpc) is 3.18. The van der Waals surface area contributed by atoms with Crippen molar-refractivity contribution in [2.45, 2.75) is 0 Å². The summed E-state index contributed by atoms with van der Waals surface area (Å²) in [7, 11) is 3.16. The van der Waals surface area contributed by atoms with Gasteiger partial charge in [0, 0.05) is 22.4 Å². The van der Waals surface area contributed by atoms with Crippen molar-refractivity contribution in [1.29, 1.82) is 0 Å². The number of rotatable bonds is 5. The van der Waals surface area contributed by atoms with Crippen LogP contribution < -0.4 is 9.47 Å². The number of phenols is 1. The Morgan fingerprint density at radius 1 is 1.07 bits per heavy atom. The van der Waals surface area contributed by atoms with E-state index in [4.69, 9.17) is 25.5 Å². The average molecular weight is 488 g/mol. The Kier molecular flexibility index (Phi) is 5.65. The number of aromatic hydroxyl groups is 1. The second-order valence-corrected chi connectivity index (χ2v) is 7.62. The van der Waals surface area contributed by atoms with Crippen LogP contribution >= 0.6 is 27.5 Å². The molecule has 3 aromatic carbocycles. The van der Waals surface area contributed by atoms with Crippen LogP contribution in [0.2, 0.25) is 5.02 Å². The van der Waals surface area contributed by atoms with Crippen LogP contribution in [0.5, 0.6) is 17.2 Å². The zero-order valence-corrected chi connectivity index (χ0v) is 18.4. The summed E-state index contributed by atoms with van der Waals surface area (Å²) in [4.78, 5) is 8.98. The van der Waals surface area contributed by atoms with E-state index >= 15 is 0 Å². The molecule has 0 amide bonds. The fraction of sp³-hybridized carbons (Fsp3) is 0.0909. The summed E-state index contributed by atoms with van der Waals surface area (Å²) in [5, 5.41) is 10.6. The van der Waals surface area contributed by atoms with E-state index in [9.17, 15) is 5.11 Å². The van der Waals surface area contributed by atoms with Crippen LogP contribution in [0, 0.1) is 0 Å². The number of ether oxygens (including phenoxy) is 2. The van der Waals surface area contributed by atoms with Gasteiger partial charge in [0.05, 0.1) is 24.4 Å². The largest absolute Gasteiger partial charge is 0.506 e. The van der Waals surface area contributed by atoms with Gasteiger partial charge in [0.2, 0.25) is 5.89 Å². The van der Waals surface area contributed by atoms with Crippen molar-refractivity contribution in [3.8, 4) is 28.7 Å². The second kappa shape index (κ2) is 8.38. The smallest absolute Gasteiger partial charge is 0.227 e. The van der Waals surface area contributed by atoms with Crippen LogP contribution in [-0.2, 0) is 0 Å². The van der Waals surface area contributed by atoms with Crippen molar-refractivity contribution in [2.75, 3.05) is 14.2 Å². The van der Waals surface area contributed by atoms with Gasteiger partial charge in [0.25, 0.3) is 0 Å². The number of aliphatic imine (C=N–C) groups is 1. The molecule has 0 spiro atoms. The predicted molar refractivity (Wildman–Crippen MR) is 121 cm³/mol. The van der Waals surface area contributed by atoms with Crippen LogP contribution in [0.1, 0.15) is 5.56 Å². The Morgan fingerprint density at radius 2 is 1.87 bits per heavy atom. The van der Waals surface area contributed by atoms with Crippen molar-refractivity contribution in [3.05, 3.63) is 63.6 Å². The summed E-state index contributed by atoms with van der Waals surface area (Å²) in [5.41, 5.74) is 3.21. The van der Waals surface area contributed by atoms with E-state index in [1.54, 1.807) is 56.8 Å². The third-order valence-corrected chi connectivity index (χ3v) is 5.23. The summed E-state index contributed by atoms with van der Waals surface area (Å²) in [6.07, 6.45) is 1.54. The molecule has 6 nitrogen and oxygen atoms in total. The zero-order chi connectivity index (χ0) is 21.3. The number of aromatic nitrogens is 1.